The number of aromatic nitrogens is 2. The fraction of sp³-hybridized carbons (Fsp3) is 0.231. The number of hydrogen-bond acceptors (Lipinski definition) is 2. The van der Waals surface area contributed by atoms with E-state index in [-0.39, 0.29) is 5.91 Å². The molecule has 2 aromatic rings. The minimum atomic E-state index is 0.163. The van der Waals surface area contributed by atoms with Crippen LogP contribution >= 0.6 is 22.6 Å². The van der Waals surface area contributed by atoms with Gasteiger partial charge in [-0.25, -0.2) is 0 Å². The van der Waals surface area contributed by atoms with Gasteiger partial charge in [0.05, 0.1) is 19.2 Å². The summed E-state index contributed by atoms with van der Waals surface area (Å²) in [6.45, 7) is 0.597. The summed E-state index contributed by atoms with van der Waals surface area (Å²) in [6.07, 6.45) is 4.25. The van der Waals surface area contributed by atoms with Crippen molar-refractivity contribution in [2.75, 3.05) is 4.90 Å². The number of fused-ring (bicyclic) bond motifs is 1. The van der Waals surface area contributed by atoms with E-state index in [4.69, 9.17) is 0 Å². The molecule has 2 heterocycles. The third-order valence-electron chi connectivity index (χ3n) is 3.07. The van der Waals surface area contributed by atoms with Gasteiger partial charge >= 0.3 is 0 Å². The Morgan fingerprint density at radius 1 is 1.44 bits per heavy atom. The van der Waals surface area contributed by atoms with Gasteiger partial charge in [0.1, 0.15) is 0 Å². The lowest BCUT2D eigenvalue weighted by atomic mass is 10.2. The van der Waals surface area contributed by atoms with Gasteiger partial charge in [0.2, 0.25) is 5.91 Å². The van der Waals surface area contributed by atoms with E-state index in [1.807, 2.05) is 30.3 Å². The van der Waals surface area contributed by atoms with Gasteiger partial charge < -0.3 is 4.90 Å². The third kappa shape index (κ3) is 2.03. The number of benzene rings is 1. The molecule has 18 heavy (non-hydrogen) atoms. The molecule has 92 valence electrons. The Morgan fingerprint density at radius 2 is 2.28 bits per heavy atom. The Balaban J connectivity index is 1.92. The van der Waals surface area contributed by atoms with Crippen molar-refractivity contribution in [3.8, 4) is 0 Å². The average molecular weight is 353 g/mol. The molecular weight excluding hydrogens is 341 g/mol. The molecule has 0 saturated heterocycles. The number of carbonyl (C=O) groups is 1. The van der Waals surface area contributed by atoms with Crippen LogP contribution in [0, 0.1) is 3.57 Å². The summed E-state index contributed by atoms with van der Waals surface area (Å²) in [5.41, 5.74) is 3.21. The number of anilines is 1. The van der Waals surface area contributed by atoms with Crippen molar-refractivity contribution in [3.05, 3.63) is 45.3 Å². The van der Waals surface area contributed by atoms with Crippen LogP contribution in [0.1, 0.15) is 11.1 Å². The van der Waals surface area contributed by atoms with Gasteiger partial charge in [-0.2, -0.15) is 5.10 Å². The first-order valence-corrected chi connectivity index (χ1v) is 6.77. The maximum Gasteiger partial charge on any atom is 0.231 e. The molecule has 0 bridgehead atoms. The molecule has 5 heteroatoms. The first-order chi connectivity index (χ1) is 8.63. The first kappa shape index (κ1) is 11.7. The quantitative estimate of drug-likeness (QED) is 0.776. The molecule has 1 aliphatic heterocycles. The molecule has 1 amide bonds. The van der Waals surface area contributed by atoms with Crippen molar-refractivity contribution in [1.82, 2.24) is 9.78 Å². The van der Waals surface area contributed by atoms with E-state index in [0.29, 0.717) is 13.0 Å². The molecule has 0 saturated carbocycles. The number of nitrogens with zero attached hydrogens (tertiary/aromatic N) is 3. The molecule has 1 aliphatic rings. The lowest BCUT2D eigenvalue weighted by Crippen LogP contribution is -2.25. The Kier molecular flexibility index (Phi) is 2.85. The van der Waals surface area contributed by atoms with Gasteiger partial charge in [-0.3, -0.25) is 9.48 Å². The van der Waals surface area contributed by atoms with Gasteiger partial charge in [-0.1, -0.05) is 0 Å². The summed E-state index contributed by atoms with van der Waals surface area (Å²) in [4.78, 5) is 13.9. The zero-order valence-corrected chi connectivity index (χ0v) is 12.1. The fourth-order valence-corrected chi connectivity index (χ4v) is 2.82. The topological polar surface area (TPSA) is 38.1 Å². The van der Waals surface area contributed by atoms with E-state index in [2.05, 4.69) is 33.8 Å². The van der Waals surface area contributed by atoms with Crippen LogP contribution in [0.2, 0.25) is 0 Å². The Bertz CT molecular complexity index is 620. The maximum atomic E-state index is 12.0. The minimum absolute atomic E-state index is 0.163. The Hall–Kier alpha value is -1.37. The lowest BCUT2D eigenvalue weighted by Gasteiger charge is -2.16. The zero-order valence-electron chi connectivity index (χ0n) is 9.93. The predicted octanol–water partition coefficient (Wildman–Crippen LogP) is 2.11. The third-order valence-corrected chi connectivity index (χ3v) is 3.75. The molecule has 0 fully saturated rings. The molecule has 1 aromatic heterocycles. The highest BCUT2D eigenvalue weighted by Gasteiger charge is 2.27. The molecule has 4 nitrogen and oxygen atoms in total. The SMILES string of the molecule is Cn1cc(CN2C(=O)Cc3cc(I)ccc32)cn1. The van der Waals surface area contributed by atoms with E-state index in [1.165, 1.54) is 3.57 Å². The maximum absolute atomic E-state index is 12.0. The summed E-state index contributed by atoms with van der Waals surface area (Å²) in [7, 11) is 1.88. The second kappa shape index (κ2) is 4.38. The summed E-state index contributed by atoms with van der Waals surface area (Å²) in [6, 6.07) is 6.14. The van der Waals surface area contributed by atoms with Crippen molar-refractivity contribution >= 4 is 34.2 Å². The molecule has 0 N–H and O–H groups in total. The highest BCUT2D eigenvalue weighted by atomic mass is 127. The lowest BCUT2D eigenvalue weighted by molar-refractivity contribution is -0.117. The molecule has 0 aliphatic carbocycles. The van der Waals surface area contributed by atoms with E-state index < -0.39 is 0 Å². The van der Waals surface area contributed by atoms with Gasteiger partial charge in [0.15, 0.2) is 0 Å². The smallest absolute Gasteiger partial charge is 0.231 e. The van der Waals surface area contributed by atoms with Crippen molar-refractivity contribution < 1.29 is 4.79 Å². The summed E-state index contributed by atoms with van der Waals surface area (Å²) in [5, 5.41) is 4.13. The molecule has 0 unspecified atom stereocenters. The van der Waals surface area contributed by atoms with Crippen LogP contribution in [-0.4, -0.2) is 15.7 Å². The average Bonchev–Trinajstić information content (AvgIpc) is 2.84. The van der Waals surface area contributed by atoms with Crippen molar-refractivity contribution in [1.29, 1.82) is 0 Å². The second-order valence-electron chi connectivity index (χ2n) is 4.45. The highest BCUT2D eigenvalue weighted by molar-refractivity contribution is 14.1. The minimum Gasteiger partial charge on any atom is -0.307 e. The van der Waals surface area contributed by atoms with Gasteiger partial charge in [0, 0.05) is 28.1 Å². The Labute approximate surface area is 119 Å². The number of carbonyl (C=O) groups excluding carboxylic acids is 1. The molecule has 3 rings (SSSR count). The van der Waals surface area contributed by atoms with Crippen LogP contribution in [0.5, 0.6) is 0 Å². The van der Waals surface area contributed by atoms with E-state index in [9.17, 15) is 4.79 Å². The first-order valence-electron chi connectivity index (χ1n) is 5.70. The molecule has 0 atom stereocenters. The number of hydrogen-bond donors (Lipinski definition) is 0. The largest absolute Gasteiger partial charge is 0.307 e. The fourth-order valence-electron chi connectivity index (χ4n) is 2.26. The van der Waals surface area contributed by atoms with Crippen molar-refractivity contribution in [2.45, 2.75) is 13.0 Å². The van der Waals surface area contributed by atoms with E-state index >= 15 is 0 Å². The number of aryl methyl sites for hydroxylation is 1. The normalized spacial score (nSPS) is 14.1. The van der Waals surface area contributed by atoms with Crippen molar-refractivity contribution in [2.24, 2.45) is 7.05 Å². The van der Waals surface area contributed by atoms with Crippen LogP contribution in [-0.2, 0) is 24.8 Å². The summed E-state index contributed by atoms with van der Waals surface area (Å²) < 4.78 is 2.92. The van der Waals surface area contributed by atoms with Crippen LogP contribution in [0.4, 0.5) is 5.69 Å². The molecule has 0 radical (unpaired) electrons. The molecule has 1 aromatic carbocycles. The van der Waals surface area contributed by atoms with Crippen LogP contribution in [0.3, 0.4) is 0 Å². The number of amides is 1. The van der Waals surface area contributed by atoms with Gasteiger partial charge in [0.25, 0.3) is 0 Å². The van der Waals surface area contributed by atoms with E-state index in [1.54, 1.807) is 10.9 Å². The number of halogens is 1. The molecular formula is C13H12IN3O. The predicted molar refractivity (Wildman–Crippen MR) is 77.3 cm³/mol. The van der Waals surface area contributed by atoms with E-state index in [0.717, 1.165) is 16.8 Å². The summed E-state index contributed by atoms with van der Waals surface area (Å²) in [5.74, 6) is 0.163. The number of rotatable bonds is 2. The molecule has 0 spiro atoms. The standard InChI is InChI=1S/C13H12IN3O/c1-16-7-9(6-15-16)8-17-12-3-2-11(14)4-10(12)5-13(17)18/h2-4,6-7H,5,8H2,1H3. The second-order valence-corrected chi connectivity index (χ2v) is 5.70. The summed E-state index contributed by atoms with van der Waals surface area (Å²) >= 11 is 2.27. The highest BCUT2D eigenvalue weighted by Crippen LogP contribution is 2.31. The van der Waals surface area contributed by atoms with Crippen LogP contribution < -0.4 is 4.90 Å². The van der Waals surface area contributed by atoms with Gasteiger partial charge in [-0.05, 0) is 46.4 Å². The monoisotopic (exact) mass is 353 g/mol. The van der Waals surface area contributed by atoms with Crippen LogP contribution in [0.15, 0.2) is 30.6 Å². The van der Waals surface area contributed by atoms with Gasteiger partial charge in [-0.15, -0.1) is 0 Å². The van der Waals surface area contributed by atoms with Crippen molar-refractivity contribution in [3.63, 3.8) is 0 Å². The van der Waals surface area contributed by atoms with Crippen LogP contribution in [0.25, 0.3) is 0 Å². The zero-order chi connectivity index (χ0) is 12.7. The Morgan fingerprint density at radius 3 is 3.00 bits per heavy atom.